The fourth-order valence-corrected chi connectivity index (χ4v) is 3.09. The van der Waals surface area contributed by atoms with E-state index in [2.05, 4.69) is 9.98 Å². The van der Waals surface area contributed by atoms with Crippen molar-refractivity contribution >= 4 is 27.5 Å². The van der Waals surface area contributed by atoms with Gasteiger partial charge in [-0.25, -0.2) is 0 Å². The van der Waals surface area contributed by atoms with Gasteiger partial charge in [-0.3, -0.25) is 9.59 Å². The lowest BCUT2D eigenvalue weighted by molar-refractivity contribution is 0.0996. The third-order valence-corrected chi connectivity index (χ3v) is 4.31. The fraction of sp³-hybridized carbons (Fsp3) is 0.133. The Hall–Kier alpha value is -2.47. The Morgan fingerprint density at radius 1 is 1.24 bits per heavy atom. The molecule has 2 heterocycles. The van der Waals surface area contributed by atoms with Crippen LogP contribution in [0, 0.1) is 6.92 Å². The average molecular weight is 299 g/mol. The van der Waals surface area contributed by atoms with Crippen molar-refractivity contribution in [1.82, 2.24) is 9.55 Å². The number of nitrogens with zero attached hydrogens (tertiary/aromatic N) is 2. The van der Waals surface area contributed by atoms with Crippen molar-refractivity contribution in [3.63, 3.8) is 0 Å². The lowest BCUT2D eigenvalue weighted by Crippen LogP contribution is -2.20. The second-order valence-corrected chi connectivity index (χ2v) is 5.72. The maximum Gasteiger partial charge on any atom is 0.285 e. The van der Waals surface area contributed by atoms with Crippen LogP contribution in [0.4, 0.5) is 0 Å². The zero-order valence-corrected chi connectivity index (χ0v) is 12.4. The van der Waals surface area contributed by atoms with E-state index in [0.29, 0.717) is 10.5 Å². The third-order valence-electron chi connectivity index (χ3n) is 3.20. The molecule has 0 radical (unpaired) electrons. The monoisotopic (exact) mass is 299 g/mol. The summed E-state index contributed by atoms with van der Waals surface area (Å²) in [6.45, 7) is 1.76. The minimum atomic E-state index is -0.529. The molecular weight excluding hydrogens is 286 g/mol. The van der Waals surface area contributed by atoms with E-state index in [1.54, 1.807) is 13.0 Å². The van der Waals surface area contributed by atoms with Gasteiger partial charge in [0.05, 0.1) is 10.2 Å². The Kier molecular flexibility index (Phi) is 3.31. The van der Waals surface area contributed by atoms with Crippen LogP contribution in [0.25, 0.3) is 10.2 Å². The first-order valence-corrected chi connectivity index (χ1v) is 7.21. The van der Waals surface area contributed by atoms with Gasteiger partial charge in [0.15, 0.2) is 4.80 Å². The van der Waals surface area contributed by atoms with E-state index in [4.69, 9.17) is 0 Å². The number of aryl methyl sites for hydroxylation is 2. The van der Waals surface area contributed by atoms with Crippen LogP contribution in [0.2, 0.25) is 0 Å². The number of benzene rings is 1. The lowest BCUT2D eigenvalue weighted by Gasteiger charge is -1.96. The van der Waals surface area contributed by atoms with E-state index in [1.165, 1.54) is 17.4 Å². The highest BCUT2D eigenvalue weighted by Gasteiger charge is 2.10. The first kappa shape index (κ1) is 13.5. The van der Waals surface area contributed by atoms with Gasteiger partial charge in [0.1, 0.15) is 5.56 Å². The molecule has 0 aliphatic carbocycles. The van der Waals surface area contributed by atoms with Gasteiger partial charge in [-0.05, 0) is 31.2 Å². The largest absolute Gasteiger partial charge is 0.326 e. The molecule has 0 saturated heterocycles. The van der Waals surface area contributed by atoms with Gasteiger partial charge >= 0.3 is 0 Å². The number of aromatic nitrogens is 2. The summed E-state index contributed by atoms with van der Waals surface area (Å²) in [5.74, 6) is -0.529. The number of aromatic amines is 1. The normalized spacial score (nSPS) is 12.0. The van der Waals surface area contributed by atoms with Gasteiger partial charge in [-0.2, -0.15) is 4.99 Å². The number of rotatable bonds is 1. The molecule has 1 amide bonds. The number of H-pyrrole nitrogens is 1. The standard InChI is InChI=1S/C15H13N3O2S/c1-9-7-8-10(13(19)16-9)14(20)17-15-18(2)11-5-3-4-6-12(11)21-15/h3-8H,1-2H3,(H,16,19). The van der Waals surface area contributed by atoms with Gasteiger partial charge in [0, 0.05) is 12.7 Å². The number of pyridine rings is 1. The van der Waals surface area contributed by atoms with Gasteiger partial charge < -0.3 is 9.55 Å². The highest BCUT2D eigenvalue weighted by Crippen LogP contribution is 2.15. The Labute approximate surface area is 124 Å². The highest BCUT2D eigenvalue weighted by molar-refractivity contribution is 7.16. The van der Waals surface area contributed by atoms with E-state index in [1.807, 2.05) is 35.9 Å². The number of hydrogen-bond donors (Lipinski definition) is 1. The van der Waals surface area contributed by atoms with Crippen LogP contribution in [0.5, 0.6) is 0 Å². The smallest absolute Gasteiger partial charge is 0.285 e. The summed E-state index contributed by atoms with van der Waals surface area (Å²) in [6, 6.07) is 11.0. The van der Waals surface area contributed by atoms with Gasteiger partial charge in [0.25, 0.3) is 11.5 Å². The first-order chi connectivity index (χ1) is 10.1. The molecule has 2 aromatic heterocycles. The molecule has 3 aromatic rings. The molecule has 3 rings (SSSR count). The minimum Gasteiger partial charge on any atom is -0.326 e. The Balaban J connectivity index is 2.13. The van der Waals surface area contributed by atoms with Crippen LogP contribution in [-0.4, -0.2) is 15.5 Å². The number of amides is 1. The summed E-state index contributed by atoms with van der Waals surface area (Å²) in [5, 5.41) is 0. The van der Waals surface area contributed by atoms with Crippen molar-refractivity contribution in [2.75, 3.05) is 0 Å². The van der Waals surface area contributed by atoms with Crippen LogP contribution < -0.4 is 10.4 Å². The van der Waals surface area contributed by atoms with Crippen molar-refractivity contribution in [1.29, 1.82) is 0 Å². The zero-order valence-electron chi connectivity index (χ0n) is 11.6. The van der Waals surface area contributed by atoms with Crippen LogP contribution in [0.15, 0.2) is 46.2 Å². The molecule has 0 unspecified atom stereocenters. The van der Waals surface area contributed by atoms with E-state index < -0.39 is 11.5 Å². The molecule has 0 aliphatic rings. The van der Waals surface area contributed by atoms with E-state index >= 15 is 0 Å². The van der Waals surface area contributed by atoms with Gasteiger partial charge in [-0.1, -0.05) is 23.5 Å². The molecule has 0 saturated carbocycles. The van der Waals surface area contributed by atoms with Crippen molar-refractivity contribution in [2.24, 2.45) is 12.0 Å². The molecule has 106 valence electrons. The predicted octanol–water partition coefficient (Wildman–Crippen LogP) is 1.98. The topological polar surface area (TPSA) is 67.2 Å². The fourth-order valence-electron chi connectivity index (χ4n) is 2.08. The van der Waals surface area contributed by atoms with E-state index in [9.17, 15) is 9.59 Å². The number of fused-ring (bicyclic) bond motifs is 1. The second-order valence-electron chi connectivity index (χ2n) is 4.71. The predicted molar refractivity (Wildman–Crippen MR) is 82.5 cm³/mol. The van der Waals surface area contributed by atoms with E-state index in [0.717, 1.165) is 10.2 Å². The summed E-state index contributed by atoms with van der Waals surface area (Å²) in [5.41, 5.74) is 1.36. The molecule has 0 bridgehead atoms. The Morgan fingerprint density at radius 3 is 2.71 bits per heavy atom. The number of thiazole rings is 1. The summed E-state index contributed by atoms with van der Waals surface area (Å²) in [4.78, 5) is 31.2. The first-order valence-electron chi connectivity index (χ1n) is 6.40. The molecule has 0 spiro atoms. The number of carbonyl (C=O) groups is 1. The van der Waals surface area contributed by atoms with Crippen LogP contribution in [0.1, 0.15) is 16.1 Å². The summed E-state index contributed by atoms with van der Waals surface area (Å²) >= 11 is 1.42. The number of nitrogens with one attached hydrogen (secondary N) is 1. The lowest BCUT2D eigenvalue weighted by atomic mass is 10.2. The average Bonchev–Trinajstić information content (AvgIpc) is 2.76. The van der Waals surface area contributed by atoms with E-state index in [-0.39, 0.29) is 5.56 Å². The molecule has 0 atom stereocenters. The molecule has 21 heavy (non-hydrogen) atoms. The van der Waals surface area contributed by atoms with Crippen molar-refractivity contribution in [3.8, 4) is 0 Å². The van der Waals surface area contributed by atoms with Crippen molar-refractivity contribution < 1.29 is 4.79 Å². The van der Waals surface area contributed by atoms with Crippen LogP contribution in [0.3, 0.4) is 0 Å². The van der Waals surface area contributed by atoms with Crippen LogP contribution in [-0.2, 0) is 7.05 Å². The molecule has 6 heteroatoms. The van der Waals surface area contributed by atoms with Crippen LogP contribution >= 0.6 is 11.3 Å². The number of para-hydroxylation sites is 1. The molecule has 0 fully saturated rings. The van der Waals surface area contributed by atoms with Gasteiger partial charge in [0.2, 0.25) is 0 Å². The molecule has 5 nitrogen and oxygen atoms in total. The molecule has 1 aromatic carbocycles. The quantitative estimate of drug-likeness (QED) is 0.746. The Bertz CT molecular complexity index is 963. The van der Waals surface area contributed by atoms with Crippen molar-refractivity contribution in [2.45, 2.75) is 6.92 Å². The zero-order chi connectivity index (χ0) is 15.0. The highest BCUT2D eigenvalue weighted by atomic mass is 32.1. The second kappa shape index (κ2) is 5.14. The maximum atomic E-state index is 12.2. The Morgan fingerprint density at radius 2 is 2.00 bits per heavy atom. The summed E-state index contributed by atoms with van der Waals surface area (Å²) in [7, 11) is 1.85. The van der Waals surface area contributed by atoms with Gasteiger partial charge in [-0.15, -0.1) is 0 Å². The minimum absolute atomic E-state index is 0.0538. The number of carbonyl (C=O) groups excluding carboxylic acids is 1. The molecular formula is C15H13N3O2S. The maximum absolute atomic E-state index is 12.2. The number of hydrogen-bond acceptors (Lipinski definition) is 3. The SMILES string of the molecule is Cc1ccc(C(=O)N=c2sc3ccccc3n2C)c(=O)[nH]1. The summed E-state index contributed by atoms with van der Waals surface area (Å²) in [6.07, 6.45) is 0. The van der Waals surface area contributed by atoms with Crippen molar-refractivity contribution in [3.05, 3.63) is 62.8 Å². The third kappa shape index (κ3) is 2.45. The molecule has 0 aliphatic heterocycles. The summed E-state index contributed by atoms with van der Waals surface area (Å²) < 4.78 is 2.89. The molecule has 1 N–H and O–H groups in total.